The average molecular weight is 248 g/mol. The van der Waals surface area contributed by atoms with E-state index in [1.54, 1.807) is 0 Å². The van der Waals surface area contributed by atoms with Crippen LogP contribution in [0.1, 0.15) is 45.0 Å². The Morgan fingerprint density at radius 1 is 1.33 bits per heavy atom. The molecule has 100 valence electrons. The zero-order valence-corrected chi connectivity index (χ0v) is 12.1. The third kappa shape index (κ3) is 2.99. The molecule has 0 radical (unpaired) electrons. The molecule has 18 heavy (non-hydrogen) atoms. The van der Waals surface area contributed by atoms with Gasteiger partial charge in [-0.1, -0.05) is 13.8 Å². The summed E-state index contributed by atoms with van der Waals surface area (Å²) in [6.45, 7) is 13.8. The summed E-state index contributed by atoms with van der Waals surface area (Å²) >= 11 is 0. The molecule has 1 fully saturated rings. The van der Waals surface area contributed by atoms with E-state index in [1.165, 1.54) is 0 Å². The third-order valence-corrected chi connectivity index (χ3v) is 3.31. The molecule has 4 nitrogen and oxygen atoms in total. The fraction of sp³-hybridized carbons (Fsp3) is 0.714. The number of nitrogens with zero attached hydrogens (tertiary/aromatic N) is 3. The van der Waals surface area contributed by atoms with E-state index in [-0.39, 0.29) is 5.54 Å². The molecular formula is C14H24N4. The largest absolute Gasteiger partial charge is 0.338 e. The highest BCUT2D eigenvalue weighted by atomic mass is 15.3. The zero-order valence-electron chi connectivity index (χ0n) is 12.1. The standard InChI is InChI=1S/C14H24N4/c1-10(2)12-8-11(3)16-13(17-12)18-7-6-15-14(4,5)9-18/h8,10,15H,6-7,9H2,1-5H3. The van der Waals surface area contributed by atoms with Crippen LogP contribution < -0.4 is 10.2 Å². The van der Waals surface area contributed by atoms with E-state index < -0.39 is 0 Å². The van der Waals surface area contributed by atoms with E-state index >= 15 is 0 Å². The summed E-state index contributed by atoms with van der Waals surface area (Å²) in [5, 5.41) is 3.51. The Bertz CT molecular complexity index is 426. The Morgan fingerprint density at radius 3 is 2.67 bits per heavy atom. The molecule has 1 N–H and O–H groups in total. The van der Waals surface area contributed by atoms with Crippen molar-refractivity contribution in [2.24, 2.45) is 0 Å². The van der Waals surface area contributed by atoms with Crippen LogP contribution in [0.4, 0.5) is 5.95 Å². The summed E-state index contributed by atoms with van der Waals surface area (Å²) in [6.07, 6.45) is 0. The SMILES string of the molecule is Cc1cc(C(C)C)nc(N2CCNC(C)(C)C2)n1. The smallest absolute Gasteiger partial charge is 0.225 e. The van der Waals surface area contributed by atoms with E-state index in [1.807, 2.05) is 6.92 Å². The third-order valence-electron chi connectivity index (χ3n) is 3.31. The van der Waals surface area contributed by atoms with Crippen LogP contribution in [0.5, 0.6) is 0 Å². The van der Waals surface area contributed by atoms with Gasteiger partial charge in [0, 0.05) is 36.6 Å². The summed E-state index contributed by atoms with van der Waals surface area (Å²) < 4.78 is 0. The quantitative estimate of drug-likeness (QED) is 0.870. The molecule has 1 aromatic heterocycles. The second-order valence-corrected chi connectivity index (χ2v) is 6.12. The number of hydrogen-bond acceptors (Lipinski definition) is 4. The van der Waals surface area contributed by atoms with Crippen LogP contribution in [-0.4, -0.2) is 35.1 Å². The number of hydrogen-bond donors (Lipinski definition) is 1. The molecule has 0 spiro atoms. The Hall–Kier alpha value is -1.16. The lowest BCUT2D eigenvalue weighted by Crippen LogP contribution is -2.57. The Morgan fingerprint density at radius 2 is 2.06 bits per heavy atom. The number of anilines is 1. The minimum absolute atomic E-state index is 0.128. The maximum Gasteiger partial charge on any atom is 0.225 e. The second-order valence-electron chi connectivity index (χ2n) is 6.12. The minimum atomic E-state index is 0.128. The van der Waals surface area contributed by atoms with Crippen LogP contribution in [0.25, 0.3) is 0 Å². The van der Waals surface area contributed by atoms with Crippen molar-refractivity contribution in [3.63, 3.8) is 0 Å². The van der Waals surface area contributed by atoms with Crippen LogP contribution in [0.3, 0.4) is 0 Å². The van der Waals surface area contributed by atoms with Crippen LogP contribution in [0.2, 0.25) is 0 Å². The van der Waals surface area contributed by atoms with Gasteiger partial charge in [-0.15, -0.1) is 0 Å². The van der Waals surface area contributed by atoms with Gasteiger partial charge in [0.2, 0.25) is 5.95 Å². The van der Waals surface area contributed by atoms with E-state index in [0.717, 1.165) is 37.0 Å². The molecule has 0 aromatic carbocycles. The van der Waals surface area contributed by atoms with Crippen molar-refractivity contribution in [3.05, 3.63) is 17.5 Å². The van der Waals surface area contributed by atoms with Gasteiger partial charge in [-0.2, -0.15) is 0 Å². The molecule has 1 aliphatic rings. The fourth-order valence-electron chi connectivity index (χ4n) is 2.33. The highest BCUT2D eigenvalue weighted by Gasteiger charge is 2.27. The summed E-state index contributed by atoms with van der Waals surface area (Å²) in [4.78, 5) is 11.6. The lowest BCUT2D eigenvalue weighted by atomic mass is 10.0. The molecule has 0 amide bonds. The number of piperazine rings is 1. The Kier molecular flexibility index (Phi) is 3.57. The Labute approximate surface area is 110 Å². The molecule has 0 unspecified atom stereocenters. The van der Waals surface area contributed by atoms with Gasteiger partial charge >= 0.3 is 0 Å². The molecule has 2 heterocycles. The summed E-state index contributed by atoms with van der Waals surface area (Å²) in [7, 11) is 0. The number of aromatic nitrogens is 2. The molecule has 1 saturated heterocycles. The van der Waals surface area contributed by atoms with Crippen molar-refractivity contribution in [2.45, 2.75) is 46.1 Å². The van der Waals surface area contributed by atoms with E-state index in [0.29, 0.717) is 5.92 Å². The lowest BCUT2D eigenvalue weighted by Gasteiger charge is -2.39. The van der Waals surface area contributed by atoms with Crippen molar-refractivity contribution in [1.82, 2.24) is 15.3 Å². The Balaban J connectivity index is 2.27. The fourth-order valence-corrected chi connectivity index (χ4v) is 2.33. The van der Waals surface area contributed by atoms with E-state index in [2.05, 4.69) is 49.0 Å². The van der Waals surface area contributed by atoms with Crippen molar-refractivity contribution in [2.75, 3.05) is 24.5 Å². The van der Waals surface area contributed by atoms with Crippen molar-refractivity contribution >= 4 is 5.95 Å². The average Bonchev–Trinajstić information content (AvgIpc) is 2.26. The number of nitrogens with one attached hydrogen (secondary N) is 1. The zero-order chi connectivity index (χ0) is 13.3. The van der Waals surface area contributed by atoms with Crippen LogP contribution in [0, 0.1) is 6.92 Å². The summed E-state index contributed by atoms with van der Waals surface area (Å²) in [6, 6.07) is 2.08. The summed E-state index contributed by atoms with van der Waals surface area (Å²) in [5.74, 6) is 1.33. The van der Waals surface area contributed by atoms with Gasteiger partial charge in [-0.3, -0.25) is 0 Å². The van der Waals surface area contributed by atoms with Gasteiger partial charge in [-0.25, -0.2) is 9.97 Å². The second kappa shape index (κ2) is 4.84. The first-order chi connectivity index (χ1) is 8.37. The minimum Gasteiger partial charge on any atom is -0.338 e. The molecule has 4 heteroatoms. The molecule has 0 atom stereocenters. The van der Waals surface area contributed by atoms with Gasteiger partial charge in [0.15, 0.2) is 0 Å². The topological polar surface area (TPSA) is 41.1 Å². The predicted molar refractivity (Wildman–Crippen MR) is 75.2 cm³/mol. The molecule has 1 aliphatic heterocycles. The maximum atomic E-state index is 4.71. The molecule has 2 rings (SSSR count). The predicted octanol–water partition coefficient (Wildman–Crippen LogP) is 2.10. The maximum absolute atomic E-state index is 4.71. The van der Waals surface area contributed by atoms with Crippen molar-refractivity contribution in [3.8, 4) is 0 Å². The monoisotopic (exact) mass is 248 g/mol. The summed E-state index contributed by atoms with van der Waals surface area (Å²) in [5.41, 5.74) is 2.32. The molecule has 1 aromatic rings. The normalized spacial score (nSPS) is 19.3. The van der Waals surface area contributed by atoms with Gasteiger partial charge < -0.3 is 10.2 Å². The van der Waals surface area contributed by atoms with Crippen molar-refractivity contribution in [1.29, 1.82) is 0 Å². The first-order valence-electron chi connectivity index (χ1n) is 6.73. The first-order valence-corrected chi connectivity index (χ1v) is 6.73. The van der Waals surface area contributed by atoms with E-state index in [4.69, 9.17) is 4.98 Å². The van der Waals surface area contributed by atoms with Gasteiger partial charge in [0.05, 0.1) is 0 Å². The van der Waals surface area contributed by atoms with Gasteiger partial charge in [0.1, 0.15) is 0 Å². The number of rotatable bonds is 2. The molecule has 0 bridgehead atoms. The van der Waals surface area contributed by atoms with Crippen LogP contribution in [0.15, 0.2) is 6.07 Å². The van der Waals surface area contributed by atoms with Gasteiger partial charge in [0.25, 0.3) is 0 Å². The van der Waals surface area contributed by atoms with Crippen molar-refractivity contribution < 1.29 is 0 Å². The highest BCUT2D eigenvalue weighted by molar-refractivity contribution is 5.35. The molecule has 0 saturated carbocycles. The highest BCUT2D eigenvalue weighted by Crippen LogP contribution is 2.20. The van der Waals surface area contributed by atoms with E-state index in [9.17, 15) is 0 Å². The first kappa shape index (κ1) is 13.3. The van der Waals surface area contributed by atoms with Gasteiger partial charge in [-0.05, 0) is 32.8 Å². The number of aryl methyl sites for hydroxylation is 1. The van der Waals surface area contributed by atoms with Crippen LogP contribution >= 0.6 is 0 Å². The lowest BCUT2D eigenvalue weighted by molar-refractivity contribution is 0.350. The molecule has 0 aliphatic carbocycles. The molecular weight excluding hydrogens is 224 g/mol. The van der Waals surface area contributed by atoms with Crippen LogP contribution in [-0.2, 0) is 0 Å².